The number of benzene rings is 1. The fourth-order valence-electron chi connectivity index (χ4n) is 2.28. The molecule has 3 rings (SSSR count). The lowest BCUT2D eigenvalue weighted by Crippen LogP contribution is -2.21. The molecule has 0 saturated carbocycles. The van der Waals surface area contributed by atoms with Crippen LogP contribution in [0.5, 0.6) is 0 Å². The van der Waals surface area contributed by atoms with Crippen molar-refractivity contribution in [2.45, 2.75) is 19.1 Å². The molecule has 0 spiro atoms. The van der Waals surface area contributed by atoms with Crippen LogP contribution in [-0.4, -0.2) is 16.4 Å². The van der Waals surface area contributed by atoms with E-state index in [1.807, 2.05) is 10.7 Å². The van der Waals surface area contributed by atoms with E-state index in [-0.39, 0.29) is 6.10 Å². The number of halogens is 2. The second-order valence-corrected chi connectivity index (χ2v) is 5.91. The summed E-state index contributed by atoms with van der Waals surface area (Å²) in [6, 6.07) is 10.4. The summed E-state index contributed by atoms with van der Waals surface area (Å²) in [5.74, 6) is 0. The van der Waals surface area contributed by atoms with E-state index in [0.29, 0.717) is 0 Å². The molecular weight excluding hydrogens is 360 g/mol. The van der Waals surface area contributed by atoms with Crippen LogP contribution < -0.4 is 0 Å². The zero-order chi connectivity index (χ0) is 12.5. The van der Waals surface area contributed by atoms with Gasteiger partial charge in [0.25, 0.3) is 0 Å². The highest BCUT2D eigenvalue weighted by atomic mass is 79.9. The van der Waals surface area contributed by atoms with Gasteiger partial charge in [0.1, 0.15) is 15.3 Å². The van der Waals surface area contributed by atoms with Crippen molar-refractivity contribution in [2.75, 3.05) is 6.61 Å². The smallest absolute Gasteiger partial charge is 0.129 e. The largest absolute Gasteiger partial charge is 0.371 e. The number of fused-ring (bicyclic) bond motifs is 1. The first kappa shape index (κ1) is 12.4. The Morgan fingerprint density at radius 2 is 2.17 bits per heavy atom. The predicted molar refractivity (Wildman–Crippen MR) is 76.5 cm³/mol. The maximum Gasteiger partial charge on any atom is 0.129 e. The standard InChI is InChI=1S/C13H12Br2N2O/c14-12-7-13(15)17(16-12)8-11-10-4-2-1-3-9(10)5-6-18-11/h1-4,7,11H,5-6,8H2. The van der Waals surface area contributed by atoms with E-state index in [9.17, 15) is 0 Å². The van der Waals surface area contributed by atoms with Crippen LogP contribution >= 0.6 is 31.9 Å². The highest BCUT2D eigenvalue weighted by Gasteiger charge is 2.21. The Balaban J connectivity index is 1.88. The van der Waals surface area contributed by atoms with Crippen LogP contribution in [0.3, 0.4) is 0 Å². The van der Waals surface area contributed by atoms with E-state index in [4.69, 9.17) is 4.74 Å². The van der Waals surface area contributed by atoms with Gasteiger partial charge in [-0.15, -0.1) is 0 Å². The normalized spacial score (nSPS) is 18.7. The summed E-state index contributed by atoms with van der Waals surface area (Å²) < 4.78 is 9.58. The van der Waals surface area contributed by atoms with E-state index < -0.39 is 0 Å². The molecule has 0 aliphatic carbocycles. The van der Waals surface area contributed by atoms with Gasteiger partial charge in [0, 0.05) is 6.07 Å². The monoisotopic (exact) mass is 370 g/mol. The molecule has 5 heteroatoms. The maximum atomic E-state index is 5.88. The minimum Gasteiger partial charge on any atom is -0.371 e. The molecule has 1 atom stereocenters. The van der Waals surface area contributed by atoms with Gasteiger partial charge in [-0.05, 0) is 49.4 Å². The number of rotatable bonds is 2. The third-order valence-electron chi connectivity index (χ3n) is 3.13. The number of nitrogens with zero attached hydrogens (tertiary/aromatic N) is 2. The molecule has 1 aromatic heterocycles. The molecule has 94 valence electrons. The second-order valence-electron chi connectivity index (χ2n) is 4.28. The van der Waals surface area contributed by atoms with Crippen molar-refractivity contribution in [3.05, 3.63) is 50.7 Å². The summed E-state index contributed by atoms with van der Waals surface area (Å²) in [5.41, 5.74) is 2.67. The minimum absolute atomic E-state index is 0.0815. The molecule has 0 saturated heterocycles. The van der Waals surface area contributed by atoms with Crippen LogP contribution in [0.4, 0.5) is 0 Å². The highest BCUT2D eigenvalue weighted by molar-refractivity contribution is 9.11. The summed E-state index contributed by atoms with van der Waals surface area (Å²) >= 11 is 6.88. The summed E-state index contributed by atoms with van der Waals surface area (Å²) in [5, 5.41) is 4.38. The van der Waals surface area contributed by atoms with Crippen molar-refractivity contribution >= 4 is 31.9 Å². The molecule has 0 amide bonds. The molecule has 1 aliphatic rings. The Kier molecular flexibility index (Phi) is 3.54. The molecule has 1 aliphatic heterocycles. The summed E-state index contributed by atoms with van der Waals surface area (Å²) in [6.07, 6.45) is 1.08. The first-order valence-electron chi connectivity index (χ1n) is 5.82. The van der Waals surface area contributed by atoms with Gasteiger partial charge in [0.2, 0.25) is 0 Å². The quantitative estimate of drug-likeness (QED) is 0.804. The summed E-state index contributed by atoms with van der Waals surface area (Å²) in [4.78, 5) is 0. The Hall–Kier alpha value is -0.650. The van der Waals surface area contributed by atoms with Gasteiger partial charge in [-0.1, -0.05) is 24.3 Å². The Bertz CT molecular complexity index is 568. The Morgan fingerprint density at radius 3 is 2.94 bits per heavy atom. The molecule has 3 nitrogen and oxygen atoms in total. The van der Waals surface area contributed by atoms with Crippen LogP contribution in [0.15, 0.2) is 39.5 Å². The van der Waals surface area contributed by atoms with E-state index in [1.165, 1.54) is 11.1 Å². The number of aromatic nitrogens is 2. The average molecular weight is 372 g/mol. The van der Waals surface area contributed by atoms with Crippen molar-refractivity contribution in [3.63, 3.8) is 0 Å². The molecule has 1 aromatic carbocycles. The van der Waals surface area contributed by atoms with Crippen LogP contribution in [-0.2, 0) is 17.7 Å². The summed E-state index contributed by atoms with van der Waals surface area (Å²) in [6.45, 7) is 1.50. The molecule has 2 heterocycles. The third kappa shape index (κ3) is 2.39. The maximum absolute atomic E-state index is 5.88. The summed E-state index contributed by atoms with van der Waals surface area (Å²) in [7, 11) is 0. The molecule has 2 aromatic rings. The third-order valence-corrected chi connectivity index (χ3v) is 4.16. The molecule has 0 radical (unpaired) electrons. The van der Waals surface area contributed by atoms with Gasteiger partial charge in [-0.2, -0.15) is 5.10 Å². The predicted octanol–water partition coefficient (Wildman–Crippen LogP) is 3.72. The van der Waals surface area contributed by atoms with Gasteiger partial charge >= 0.3 is 0 Å². The van der Waals surface area contributed by atoms with E-state index in [2.05, 4.69) is 61.2 Å². The van der Waals surface area contributed by atoms with Crippen molar-refractivity contribution in [1.82, 2.24) is 9.78 Å². The van der Waals surface area contributed by atoms with Crippen LogP contribution in [0.25, 0.3) is 0 Å². The van der Waals surface area contributed by atoms with E-state index >= 15 is 0 Å². The van der Waals surface area contributed by atoms with E-state index in [0.717, 1.165) is 28.8 Å². The first-order valence-corrected chi connectivity index (χ1v) is 7.41. The lowest BCUT2D eigenvalue weighted by Gasteiger charge is -2.26. The molecule has 0 fully saturated rings. The van der Waals surface area contributed by atoms with E-state index in [1.54, 1.807) is 0 Å². The molecule has 0 N–H and O–H groups in total. The van der Waals surface area contributed by atoms with Crippen molar-refractivity contribution in [1.29, 1.82) is 0 Å². The van der Waals surface area contributed by atoms with Crippen molar-refractivity contribution < 1.29 is 4.74 Å². The zero-order valence-corrected chi connectivity index (χ0v) is 12.8. The fraction of sp³-hybridized carbons (Fsp3) is 0.308. The second kappa shape index (κ2) is 5.15. The fourth-order valence-corrected chi connectivity index (χ4v) is 3.43. The lowest BCUT2D eigenvalue weighted by molar-refractivity contribution is 0.0278. The zero-order valence-electron chi connectivity index (χ0n) is 9.64. The van der Waals surface area contributed by atoms with Gasteiger partial charge in [0.05, 0.1) is 13.2 Å². The van der Waals surface area contributed by atoms with Crippen molar-refractivity contribution in [3.8, 4) is 0 Å². The van der Waals surface area contributed by atoms with Gasteiger partial charge in [-0.3, -0.25) is 4.68 Å². The minimum atomic E-state index is 0.0815. The molecular formula is C13H12Br2N2O. The lowest BCUT2D eigenvalue weighted by atomic mass is 9.98. The number of hydrogen-bond acceptors (Lipinski definition) is 2. The molecule has 18 heavy (non-hydrogen) atoms. The Labute approximate surface area is 122 Å². The van der Waals surface area contributed by atoms with Crippen LogP contribution in [0, 0.1) is 0 Å². The number of ether oxygens (including phenoxy) is 1. The van der Waals surface area contributed by atoms with Gasteiger partial charge in [0.15, 0.2) is 0 Å². The molecule has 0 bridgehead atoms. The van der Waals surface area contributed by atoms with Crippen LogP contribution in [0.1, 0.15) is 17.2 Å². The first-order chi connectivity index (χ1) is 8.74. The Morgan fingerprint density at radius 1 is 1.33 bits per heavy atom. The number of hydrogen-bond donors (Lipinski definition) is 0. The topological polar surface area (TPSA) is 27.1 Å². The average Bonchev–Trinajstić information content (AvgIpc) is 2.68. The van der Waals surface area contributed by atoms with Gasteiger partial charge in [-0.25, -0.2) is 0 Å². The molecule has 1 unspecified atom stereocenters. The van der Waals surface area contributed by atoms with Gasteiger partial charge < -0.3 is 4.74 Å². The van der Waals surface area contributed by atoms with Crippen molar-refractivity contribution in [2.24, 2.45) is 0 Å². The van der Waals surface area contributed by atoms with Crippen LogP contribution in [0.2, 0.25) is 0 Å². The highest BCUT2D eigenvalue weighted by Crippen LogP contribution is 2.29. The SMILES string of the molecule is Brc1cc(Br)n(CC2OCCc3ccccc32)n1.